The molecule has 2 aromatic rings. The van der Waals surface area contributed by atoms with Crippen LogP contribution in [0.15, 0.2) is 30.3 Å². The Labute approximate surface area is 134 Å². The highest BCUT2D eigenvalue weighted by Crippen LogP contribution is 2.38. The van der Waals surface area contributed by atoms with Crippen molar-refractivity contribution in [3.05, 3.63) is 61.1 Å². The molecule has 2 aromatic carbocycles. The quantitative estimate of drug-likeness (QED) is 0.435. The second kappa shape index (κ2) is 6.30. The van der Waals surface area contributed by atoms with Gasteiger partial charge in [-0.2, -0.15) is 0 Å². The average Bonchev–Trinajstić information content (AvgIpc) is 2.42. The summed E-state index contributed by atoms with van der Waals surface area (Å²) in [6, 6.07) is 6.61. The molecule has 0 saturated carbocycles. The summed E-state index contributed by atoms with van der Waals surface area (Å²) in [5.41, 5.74) is -0.0485. The number of aldehydes is 1. The standard InChI is InChI=1S/C13H6Cl3NO4/c14-9-3-8(2-1-7(9)6-18)21-13-5-11(16)10(15)4-12(13)17(19)20/h1-6H. The van der Waals surface area contributed by atoms with E-state index in [0.29, 0.717) is 6.29 Å². The van der Waals surface area contributed by atoms with Crippen LogP contribution in [0.25, 0.3) is 0 Å². The number of nitrogens with zero attached hydrogens (tertiary/aromatic N) is 1. The molecule has 0 aliphatic rings. The van der Waals surface area contributed by atoms with E-state index in [9.17, 15) is 14.9 Å². The molecule has 0 N–H and O–H groups in total. The molecule has 0 spiro atoms. The molecular formula is C13H6Cl3NO4. The molecule has 0 heterocycles. The fraction of sp³-hybridized carbons (Fsp3) is 0. The zero-order valence-corrected chi connectivity index (χ0v) is 12.4. The van der Waals surface area contributed by atoms with Crippen molar-refractivity contribution in [3.8, 4) is 11.5 Å². The number of ether oxygens (including phenoxy) is 1. The predicted octanol–water partition coefficient (Wildman–Crippen LogP) is 5.16. The average molecular weight is 347 g/mol. The van der Waals surface area contributed by atoms with Gasteiger partial charge in [0.1, 0.15) is 5.75 Å². The molecule has 0 fully saturated rings. The number of carbonyl (C=O) groups is 1. The van der Waals surface area contributed by atoms with E-state index in [-0.39, 0.29) is 37.8 Å². The fourth-order valence-electron chi connectivity index (χ4n) is 1.54. The normalized spacial score (nSPS) is 10.2. The third kappa shape index (κ3) is 3.44. The van der Waals surface area contributed by atoms with E-state index in [1.54, 1.807) is 0 Å². The van der Waals surface area contributed by atoms with Gasteiger partial charge in [-0.15, -0.1) is 0 Å². The highest BCUT2D eigenvalue weighted by atomic mass is 35.5. The molecule has 0 unspecified atom stereocenters. The van der Waals surface area contributed by atoms with Gasteiger partial charge >= 0.3 is 5.69 Å². The van der Waals surface area contributed by atoms with Crippen molar-refractivity contribution < 1.29 is 14.5 Å². The number of hydrogen-bond donors (Lipinski definition) is 0. The number of hydrogen-bond acceptors (Lipinski definition) is 4. The Kier molecular flexibility index (Phi) is 4.67. The topological polar surface area (TPSA) is 69.4 Å². The first-order valence-electron chi connectivity index (χ1n) is 5.48. The van der Waals surface area contributed by atoms with E-state index in [1.807, 2.05) is 0 Å². The molecule has 0 radical (unpaired) electrons. The second-order valence-electron chi connectivity index (χ2n) is 3.89. The Morgan fingerprint density at radius 3 is 2.29 bits per heavy atom. The Bertz CT molecular complexity index is 734. The summed E-state index contributed by atoms with van der Waals surface area (Å²) in [5, 5.41) is 11.3. The van der Waals surface area contributed by atoms with Gasteiger partial charge in [-0.25, -0.2) is 0 Å². The van der Waals surface area contributed by atoms with E-state index >= 15 is 0 Å². The van der Waals surface area contributed by atoms with Crippen molar-refractivity contribution in [2.75, 3.05) is 0 Å². The summed E-state index contributed by atoms with van der Waals surface area (Å²) in [7, 11) is 0. The largest absolute Gasteiger partial charge is 0.450 e. The zero-order chi connectivity index (χ0) is 15.6. The smallest absolute Gasteiger partial charge is 0.313 e. The number of benzene rings is 2. The summed E-state index contributed by atoms with van der Waals surface area (Å²) in [6.07, 6.45) is 0.591. The fourth-order valence-corrected chi connectivity index (χ4v) is 2.06. The molecule has 8 heteroatoms. The second-order valence-corrected chi connectivity index (χ2v) is 5.12. The Morgan fingerprint density at radius 2 is 1.71 bits per heavy atom. The van der Waals surface area contributed by atoms with Crippen LogP contribution in [-0.4, -0.2) is 11.2 Å². The summed E-state index contributed by atoms with van der Waals surface area (Å²) in [6.45, 7) is 0. The van der Waals surface area contributed by atoms with Crippen LogP contribution in [0.5, 0.6) is 11.5 Å². The molecule has 0 amide bonds. The molecule has 0 aromatic heterocycles. The van der Waals surface area contributed by atoms with Crippen molar-refractivity contribution in [2.45, 2.75) is 0 Å². The van der Waals surface area contributed by atoms with Gasteiger partial charge in [-0.05, 0) is 12.1 Å². The number of halogens is 3. The SMILES string of the molecule is O=Cc1ccc(Oc2cc(Cl)c(Cl)cc2[N+](=O)[O-])cc1Cl. The number of nitro groups is 1. The van der Waals surface area contributed by atoms with Gasteiger partial charge in [-0.1, -0.05) is 34.8 Å². The monoisotopic (exact) mass is 345 g/mol. The van der Waals surface area contributed by atoms with E-state index in [4.69, 9.17) is 39.5 Å². The zero-order valence-electron chi connectivity index (χ0n) is 10.2. The van der Waals surface area contributed by atoms with Gasteiger partial charge in [0.25, 0.3) is 0 Å². The summed E-state index contributed by atoms with van der Waals surface area (Å²) < 4.78 is 5.40. The van der Waals surface area contributed by atoms with E-state index < -0.39 is 4.92 Å². The minimum absolute atomic E-state index is 0.0463. The lowest BCUT2D eigenvalue weighted by Gasteiger charge is -2.08. The van der Waals surface area contributed by atoms with E-state index in [2.05, 4.69) is 0 Å². The predicted molar refractivity (Wildman–Crippen MR) is 80.0 cm³/mol. The maximum Gasteiger partial charge on any atom is 0.313 e. The molecule has 5 nitrogen and oxygen atoms in total. The van der Waals surface area contributed by atoms with Gasteiger partial charge in [0, 0.05) is 23.8 Å². The van der Waals surface area contributed by atoms with Crippen LogP contribution in [0.2, 0.25) is 15.1 Å². The van der Waals surface area contributed by atoms with Crippen molar-refractivity contribution >= 4 is 46.8 Å². The van der Waals surface area contributed by atoms with E-state index in [1.165, 1.54) is 24.3 Å². The van der Waals surface area contributed by atoms with Crippen molar-refractivity contribution in [3.63, 3.8) is 0 Å². The van der Waals surface area contributed by atoms with Crippen LogP contribution in [0.4, 0.5) is 5.69 Å². The first-order chi connectivity index (χ1) is 9.92. The van der Waals surface area contributed by atoms with Gasteiger partial charge in [0.15, 0.2) is 6.29 Å². The van der Waals surface area contributed by atoms with Crippen LogP contribution in [0.1, 0.15) is 10.4 Å². The molecule has 21 heavy (non-hydrogen) atoms. The molecular weight excluding hydrogens is 341 g/mol. The molecule has 108 valence electrons. The summed E-state index contributed by atoms with van der Waals surface area (Å²) in [4.78, 5) is 21.0. The van der Waals surface area contributed by atoms with Gasteiger partial charge in [0.2, 0.25) is 5.75 Å². The molecule has 2 rings (SSSR count). The van der Waals surface area contributed by atoms with Crippen molar-refractivity contribution in [1.29, 1.82) is 0 Å². The van der Waals surface area contributed by atoms with Gasteiger partial charge in [-0.3, -0.25) is 14.9 Å². The van der Waals surface area contributed by atoms with Crippen LogP contribution in [-0.2, 0) is 0 Å². The first kappa shape index (κ1) is 15.6. The molecule has 0 bridgehead atoms. The Balaban J connectivity index is 2.43. The van der Waals surface area contributed by atoms with Crippen molar-refractivity contribution in [1.82, 2.24) is 0 Å². The first-order valence-corrected chi connectivity index (χ1v) is 6.61. The third-order valence-electron chi connectivity index (χ3n) is 2.53. The summed E-state index contributed by atoms with van der Waals surface area (Å²) >= 11 is 17.4. The molecule has 0 atom stereocenters. The van der Waals surface area contributed by atoms with Crippen LogP contribution >= 0.6 is 34.8 Å². The highest BCUT2D eigenvalue weighted by Gasteiger charge is 2.19. The van der Waals surface area contributed by atoms with Gasteiger partial charge in [0.05, 0.1) is 20.0 Å². The highest BCUT2D eigenvalue weighted by molar-refractivity contribution is 6.42. The van der Waals surface area contributed by atoms with Crippen LogP contribution in [0, 0.1) is 10.1 Å². The minimum Gasteiger partial charge on any atom is -0.450 e. The van der Waals surface area contributed by atoms with Crippen molar-refractivity contribution in [2.24, 2.45) is 0 Å². The van der Waals surface area contributed by atoms with Crippen LogP contribution < -0.4 is 4.74 Å². The number of carbonyl (C=O) groups excluding carboxylic acids is 1. The lowest BCUT2D eigenvalue weighted by molar-refractivity contribution is -0.385. The lowest BCUT2D eigenvalue weighted by atomic mass is 10.2. The molecule has 0 aliphatic heterocycles. The third-order valence-corrected chi connectivity index (χ3v) is 3.57. The molecule has 0 saturated heterocycles. The maximum absolute atomic E-state index is 11.0. The van der Waals surface area contributed by atoms with Gasteiger partial charge < -0.3 is 4.74 Å². The number of rotatable bonds is 4. The summed E-state index contributed by atoms with van der Waals surface area (Å²) in [5.74, 6) is 0.149. The van der Waals surface area contributed by atoms with E-state index in [0.717, 1.165) is 6.07 Å². The Morgan fingerprint density at radius 1 is 1.05 bits per heavy atom. The Hall–Kier alpha value is -1.82. The minimum atomic E-state index is -0.640. The maximum atomic E-state index is 11.0. The lowest BCUT2D eigenvalue weighted by Crippen LogP contribution is -1.94. The number of nitro benzene ring substituents is 1. The van der Waals surface area contributed by atoms with Crippen LogP contribution in [0.3, 0.4) is 0 Å². The molecule has 0 aliphatic carbocycles.